The van der Waals surface area contributed by atoms with Crippen LogP contribution in [-0.4, -0.2) is 18.1 Å². The molecule has 0 unspecified atom stereocenters. The molecule has 0 aliphatic rings. The van der Waals surface area contributed by atoms with E-state index >= 15 is 0 Å². The molecule has 0 aromatic heterocycles. The van der Waals surface area contributed by atoms with Crippen LogP contribution in [0.5, 0.6) is 0 Å². The van der Waals surface area contributed by atoms with Crippen molar-refractivity contribution in [2.45, 2.75) is 32.2 Å². The van der Waals surface area contributed by atoms with Crippen LogP contribution in [-0.2, 0) is 0 Å². The molecule has 1 aromatic carbocycles. The smallest absolute Gasteiger partial charge is 0.269 e. The van der Waals surface area contributed by atoms with Gasteiger partial charge in [0.15, 0.2) is 0 Å². The molecule has 98 valence electrons. The molecule has 0 fully saturated rings. The van der Waals surface area contributed by atoms with E-state index in [4.69, 9.17) is 0 Å². The van der Waals surface area contributed by atoms with Crippen LogP contribution in [0.3, 0.4) is 0 Å². The topological polar surface area (TPSA) is 63.4 Å². The van der Waals surface area contributed by atoms with E-state index in [0.717, 1.165) is 5.20 Å². The van der Waals surface area contributed by atoms with Crippen molar-refractivity contribution in [2.75, 3.05) is 0 Å². The van der Waals surface area contributed by atoms with E-state index in [-0.39, 0.29) is 5.69 Å². The molecule has 1 N–H and O–H groups in total. The highest BCUT2D eigenvalue weighted by Gasteiger charge is 2.21. The summed E-state index contributed by atoms with van der Waals surface area (Å²) in [5, 5.41) is 21.7. The molecule has 0 radical (unpaired) electrons. The molecular formula is C13H19NO3Si. The second-order valence-electron chi connectivity index (χ2n) is 5.42. The SMILES string of the molecule is C=C(C[C@H](O)c1ccc([N+](=O)[O-])cc1)[Si](C)(C)C. The summed E-state index contributed by atoms with van der Waals surface area (Å²) in [7, 11) is -1.45. The van der Waals surface area contributed by atoms with E-state index in [1.54, 1.807) is 12.1 Å². The lowest BCUT2D eigenvalue weighted by molar-refractivity contribution is -0.384. The second-order valence-corrected chi connectivity index (χ2v) is 10.6. The predicted molar refractivity (Wildman–Crippen MR) is 75.2 cm³/mol. The fourth-order valence-electron chi connectivity index (χ4n) is 1.48. The van der Waals surface area contributed by atoms with Gasteiger partial charge in [-0.3, -0.25) is 10.1 Å². The Morgan fingerprint density at radius 1 is 1.39 bits per heavy atom. The van der Waals surface area contributed by atoms with Crippen molar-refractivity contribution >= 4 is 13.8 Å². The van der Waals surface area contributed by atoms with Gasteiger partial charge in [0.25, 0.3) is 5.69 Å². The Balaban J connectivity index is 2.76. The van der Waals surface area contributed by atoms with Crippen LogP contribution in [0.15, 0.2) is 36.0 Å². The van der Waals surface area contributed by atoms with Gasteiger partial charge in [0.2, 0.25) is 0 Å². The highest BCUT2D eigenvalue weighted by Crippen LogP contribution is 2.26. The van der Waals surface area contributed by atoms with Crippen LogP contribution in [0.1, 0.15) is 18.1 Å². The Bertz CT molecular complexity index is 448. The van der Waals surface area contributed by atoms with Crippen LogP contribution in [0.25, 0.3) is 0 Å². The van der Waals surface area contributed by atoms with Crippen molar-refractivity contribution in [3.05, 3.63) is 51.7 Å². The lowest BCUT2D eigenvalue weighted by atomic mass is 10.1. The van der Waals surface area contributed by atoms with Gasteiger partial charge in [-0.15, -0.1) is 6.58 Å². The number of hydrogen-bond acceptors (Lipinski definition) is 3. The first-order chi connectivity index (χ1) is 8.21. The third kappa shape index (κ3) is 3.78. The number of aliphatic hydroxyl groups excluding tert-OH is 1. The van der Waals surface area contributed by atoms with E-state index in [1.165, 1.54) is 12.1 Å². The van der Waals surface area contributed by atoms with Crippen molar-refractivity contribution in [1.82, 2.24) is 0 Å². The van der Waals surface area contributed by atoms with Crippen molar-refractivity contribution in [1.29, 1.82) is 0 Å². The molecule has 1 aromatic rings. The Labute approximate surface area is 108 Å². The fraction of sp³-hybridized carbons (Fsp3) is 0.385. The minimum absolute atomic E-state index is 0.0370. The summed E-state index contributed by atoms with van der Waals surface area (Å²) in [6.07, 6.45) is -0.113. The monoisotopic (exact) mass is 265 g/mol. The van der Waals surface area contributed by atoms with E-state index < -0.39 is 19.1 Å². The number of nitrogens with zero attached hydrogens (tertiary/aromatic N) is 1. The van der Waals surface area contributed by atoms with E-state index in [1.807, 2.05) is 0 Å². The molecule has 4 nitrogen and oxygen atoms in total. The minimum Gasteiger partial charge on any atom is -0.388 e. The van der Waals surface area contributed by atoms with Crippen LogP contribution in [0, 0.1) is 10.1 Å². The molecule has 0 saturated heterocycles. The molecule has 0 aliphatic heterocycles. The van der Waals surface area contributed by atoms with Gasteiger partial charge in [0, 0.05) is 12.1 Å². The van der Waals surface area contributed by atoms with Crippen LogP contribution < -0.4 is 0 Å². The third-order valence-electron chi connectivity index (χ3n) is 2.99. The first-order valence-electron chi connectivity index (χ1n) is 5.82. The van der Waals surface area contributed by atoms with E-state index in [0.29, 0.717) is 12.0 Å². The molecule has 0 bridgehead atoms. The summed E-state index contributed by atoms with van der Waals surface area (Å²) < 4.78 is 0. The van der Waals surface area contributed by atoms with Gasteiger partial charge in [-0.25, -0.2) is 0 Å². The summed E-state index contributed by atoms with van der Waals surface area (Å²) in [4.78, 5) is 10.1. The first-order valence-corrected chi connectivity index (χ1v) is 9.32. The number of rotatable bonds is 5. The molecule has 0 aliphatic carbocycles. The number of nitro benzene ring substituents is 1. The summed E-state index contributed by atoms with van der Waals surface area (Å²) in [5.74, 6) is 0. The summed E-state index contributed by atoms with van der Waals surface area (Å²) in [6, 6.07) is 6.02. The molecule has 5 heteroatoms. The van der Waals surface area contributed by atoms with Gasteiger partial charge in [-0.2, -0.15) is 0 Å². The highest BCUT2D eigenvalue weighted by molar-refractivity contribution is 6.82. The number of benzene rings is 1. The first kappa shape index (κ1) is 14.6. The normalized spacial score (nSPS) is 13.1. The maximum atomic E-state index is 10.5. The lowest BCUT2D eigenvalue weighted by Crippen LogP contribution is -2.24. The summed E-state index contributed by atoms with van der Waals surface area (Å²) in [6.45, 7) is 10.6. The van der Waals surface area contributed by atoms with Crippen LogP contribution in [0.2, 0.25) is 19.6 Å². The standard InChI is InChI=1S/C13H19NO3Si/c1-10(18(2,3)4)9-13(15)11-5-7-12(8-6-11)14(16)17/h5-8,13,15H,1,9H2,2-4H3/t13-/m0/s1. The zero-order valence-corrected chi connectivity index (χ0v) is 12.0. The maximum Gasteiger partial charge on any atom is 0.269 e. The molecule has 0 amide bonds. The summed E-state index contributed by atoms with van der Waals surface area (Å²) >= 11 is 0. The number of aliphatic hydroxyl groups is 1. The van der Waals surface area contributed by atoms with E-state index in [9.17, 15) is 15.2 Å². The van der Waals surface area contributed by atoms with Gasteiger partial charge in [-0.1, -0.05) is 24.8 Å². The Morgan fingerprint density at radius 2 is 1.89 bits per heavy atom. The number of non-ortho nitro benzene ring substituents is 1. The molecule has 1 atom stereocenters. The predicted octanol–water partition coefficient (Wildman–Crippen LogP) is 3.45. The zero-order chi connectivity index (χ0) is 13.9. The Morgan fingerprint density at radius 3 is 2.28 bits per heavy atom. The maximum absolute atomic E-state index is 10.5. The average molecular weight is 265 g/mol. The van der Waals surface area contributed by atoms with Gasteiger partial charge in [0.05, 0.1) is 19.1 Å². The molecule has 0 spiro atoms. The molecule has 1 rings (SSSR count). The average Bonchev–Trinajstić information content (AvgIpc) is 2.27. The molecule has 0 saturated carbocycles. The van der Waals surface area contributed by atoms with Crippen molar-refractivity contribution in [3.63, 3.8) is 0 Å². The van der Waals surface area contributed by atoms with Crippen LogP contribution >= 0.6 is 0 Å². The summed E-state index contributed by atoms with van der Waals surface area (Å²) in [5.41, 5.74) is 0.731. The van der Waals surface area contributed by atoms with Gasteiger partial charge >= 0.3 is 0 Å². The highest BCUT2D eigenvalue weighted by atomic mass is 28.3. The largest absolute Gasteiger partial charge is 0.388 e. The quantitative estimate of drug-likeness (QED) is 0.504. The second kappa shape index (κ2) is 5.45. The molecule has 18 heavy (non-hydrogen) atoms. The molecular weight excluding hydrogens is 246 g/mol. The lowest BCUT2D eigenvalue weighted by Gasteiger charge is -2.22. The number of nitro groups is 1. The van der Waals surface area contributed by atoms with Gasteiger partial charge < -0.3 is 5.11 Å². The van der Waals surface area contributed by atoms with Crippen molar-refractivity contribution < 1.29 is 10.0 Å². The van der Waals surface area contributed by atoms with Crippen molar-refractivity contribution in [2.24, 2.45) is 0 Å². The fourth-order valence-corrected chi connectivity index (χ4v) is 2.28. The van der Waals surface area contributed by atoms with Gasteiger partial charge in [-0.05, 0) is 24.1 Å². The van der Waals surface area contributed by atoms with E-state index in [2.05, 4.69) is 26.2 Å². The third-order valence-corrected chi connectivity index (χ3v) is 5.31. The Hall–Kier alpha value is -1.46. The Kier molecular flexibility index (Phi) is 4.42. The minimum atomic E-state index is -1.45. The number of hydrogen-bond donors (Lipinski definition) is 1. The van der Waals surface area contributed by atoms with Crippen LogP contribution in [0.4, 0.5) is 5.69 Å². The zero-order valence-electron chi connectivity index (χ0n) is 11.0. The van der Waals surface area contributed by atoms with Gasteiger partial charge in [0.1, 0.15) is 0 Å². The molecule has 0 heterocycles. The van der Waals surface area contributed by atoms with Crippen molar-refractivity contribution in [3.8, 4) is 0 Å².